The summed E-state index contributed by atoms with van der Waals surface area (Å²) in [5, 5.41) is 4.18. The van der Waals surface area contributed by atoms with Crippen molar-refractivity contribution in [3.05, 3.63) is 17.7 Å². The Bertz CT molecular complexity index is 337. The van der Waals surface area contributed by atoms with Crippen molar-refractivity contribution in [2.45, 2.75) is 13.3 Å². The molecule has 0 aromatic carbocycles. The largest absolute Gasteiger partial charge is 0.381 e. The fourth-order valence-electron chi connectivity index (χ4n) is 1.60. The Kier molecular flexibility index (Phi) is 2.63. The van der Waals surface area contributed by atoms with E-state index in [1.165, 1.54) is 0 Å². The van der Waals surface area contributed by atoms with Crippen molar-refractivity contribution in [1.82, 2.24) is 14.8 Å². The van der Waals surface area contributed by atoms with Gasteiger partial charge in [-0.15, -0.1) is 0 Å². The highest BCUT2D eigenvalue weighted by Gasteiger charge is 2.12. The van der Waals surface area contributed by atoms with Crippen molar-refractivity contribution in [1.29, 1.82) is 0 Å². The van der Waals surface area contributed by atoms with Crippen molar-refractivity contribution in [3.8, 4) is 0 Å². The Labute approximate surface area is 83.6 Å². The summed E-state index contributed by atoms with van der Waals surface area (Å²) in [5.41, 5.74) is 0. The van der Waals surface area contributed by atoms with Gasteiger partial charge in [0.2, 0.25) is 0 Å². The van der Waals surface area contributed by atoms with Crippen LogP contribution in [0.2, 0.25) is 0 Å². The summed E-state index contributed by atoms with van der Waals surface area (Å²) in [4.78, 5) is 4.30. The van der Waals surface area contributed by atoms with Crippen LogP contribution in [0.3, 0.4) is 0 Å². The lowest BCUT2D eigenvalue weighted by Crippen LogP contribution is -1.96. The van der Waals surface area contributed by atoms with E-state index in [4.69, 9.17) is 4.74 Å². The molecule has 0 bridgehead atoms. The van der Waals surface area contributed by atoms with Gasteiger partial charge in [-0.3, -0.25) is 0 Å². The molecular weight excluding hydrogens is 178 g/mol. The van der Waals surface area contributed by atoms with Gasteiger partial charge in [0, 0.05) is 19.6 Å². The van der Waals surface area contributed by atoms with Gasteiger partial charge in [0.25, 0.3) is 0 Å². The Hall–Kier alpha value is -1.16. The van der Waals surface area contributed by atoms with E-state index < -0.39 is 0 Å². The lowest BCUT2D eigenvalue weighted by atomic mass is 10.1. The second-order valence-corrected chi connectivity index (χ2v) is 3.62. The van der Waals surface area contributed by atoms with Crippen molar-refractivity contribution in [3.63, 3.8) is 0 Å². The van der Waals surface area contributed by atoms with Gasteiger partial charge in [-0.2, -0.15) is 5.10 Å². The fourth-order valence-corrected chi connectivity index (χ4v) is 1.60. The minimum absolute atomic E-state index is 0.548. The number of hydrogen-bond acceptors (Lipinski definition) is 3. The van der Waals surface area contributed by atoms with Crippen LogP contribution in [-0.2, 0) is 11.8 Å². The molecule has 1 unspecified atom stereocenters. The Morgan fingerprint density at radius 3 is 3.00 bits per heavy atom. The van der Waals surface area contributed by atoms with Gasteiger partial charge >= 0.3 is 0 Å². The van der Waals surface area contributed by atoms with E-state index in [0.29, 0.717) is 5.92 Å². The first-order valence-corrected chi connectivity index (χ1v) is 4.89. The molecule has 2 rings (SSSR count). The van der Waals surface area contributed by atoms with Gasteiger partial charge in [0.05, 0.1) is 6.61 Å². The minimum Gasteiger partial charge on any atom is -0.381 e. The highest BCUT2D eigenvalue weighted by molar-refractivity contribution is 5.40. The van der Waals surface area contributed by atoms with E-state index in [0.717, 1.165) is 31.3 Å². The molecule has 1 aliphatic heterocycles. The van der Waals surface area contributed by atoms with E-state index in [2.05, 4.69) is 16.2 Å². The van der Waals surface area contributed by atoms with Gasteiger partial charge in [-0.05, 0) is 19.4 Å². The third kappa shape index (κ3) is 2.01. The van der Waals surface area contributed by atoms with E-state index >= 15 is 0 Å². The van der Waals surface area contributed by atoms with Crippen LogP contribution in [0.4, 0.5) is 0 Å². The molecule has 0 saturated carbocycles. The summed E-state index contributed by atoms with van der Waals surface area (Å²) in [6.07, 6.45) is 5.31. The van der Waals surface area contributed by atoms with Gasteiger partial charge in [0.15, 0.2) is 0 Å². The van der Waals surface area contributed by atoms with Gasteiger partial charge in [0.1, 0.15) is 11.6 Å². The normalized spacial score (nSPS) is 22.3. The molecular formula is C10H15N3O. The molecule has 4 nitrogen and oxygen atoms in total. The lowest BCUT2D eigenvalue weighted by molar-refractivity contribution is 0.191. The topological polar surface area (TPSA) is 39.9 Å². The van der Waals surface area contributed by atoms with Crippen LogP contribution in [0.1, 0.15) is 18.1 Å². The van der Waals surface area contributed by atoms with E-state index in [9.17, 15) is 0 Å². The first-order chi connectivity index (χ1) is 6.75. The monoisotopic (exact) mass is 193 g/mol. The molecule has 14 heavy (non-hydrogen) atoms. The van der Waals surface area contributed by atoms with Crippen LogP contribution in [0, 0.1) is 12.8 Å². The van der Waals surface area contributed by atoms with E-state index in [-0.39, 0.29) is 0 Å². The zero-order valence-electron chi connectivity index (χ0n) is 8.60. The van der Waals surface area contributed by atoms with Crippen molar-refractivity contribution in [2.75, 3.05) is 13.2 Å². The van der Waals surface area contributed by atoms with Gasteiger partial charge < -0.3 is 4.74 Å². The Morgan fingerprint density at radius 1 is 1.57 bits per heavy atom. The molecule has 0 radical (unpaired) electrons. The molecule has 1 aromatic heterocycles. The second-order valence-electron chi connectivity index (χ2n) is 3.62. The summed E-state index contributed by atoms with van der Waals surface area (Å²) in [5.74, 6) is 2.27. The maximum atomic E-state index is 5.29. The average molecular weight is 193 g/mol. The molecule has 76 valence electrons. The Morgan fingerprint density at radius 2 is 2.43 bits per heavy atom. The van der Waals surface area contributed by atoms with Gasteiger partial charge in [-0.25, -0.2) is 9.67 Å². The lowest BCUT2D eigenvalue weighted by Gasteiger charge is -1.97. The molecule has 0 aliphatic carbocycles. The summed E-state index contributed by atoms with van der Waals surface area (Å²) in [6.45, 7) is 3.62. The zero-order chi connectivity index (χ0) is 9.97. The summed E-state index contributed by atoms with van der Waals surface area (Å²) in [7, 11) is 1.91. The molecule has 0 amide bonds. The maximum Gasteiger partial charge on any atom is 0.150 e. The van der Waals surface area contributed by atoms with Crippen molar-refractivity contribution >= 4 is 6.08 Å². The smallest absolute Gasteiger partial charge is 0.150 e. The molecule has 0 spiro atoms. The van der Waals surface area contributed by atoms with E-state index in [1.807, 2.05) is 20.0 Å². The van der Waals surface area contributed by atoms with Crippen LogP contribution in [0.25, 0.3) is 6.08 Å². The predicted molar refractivity (Wildman–Crippen MR) is 53.7 cm³/mol. The molecule has 1 fully saturated rings. The predicted octanol–water partition coefficient (Wildman–Crippen LogP) is 1.17. The summed E-state index contributed by atoms with van der Waals surface area (Å²) in [6, 6.07) is 0. The first-order valence-electron chi connectivity index (χ1n) is 4.89. The molecule has 4 heteroatoms. The van der Waals surface area contributed by atoms with Crippen LogP contribution in [0.15, 0.2) is 6.08 Å². The zero-order valence-corrected chi connectivity index (χ0v) is 8.60. The molecule has 1 atom stereocenters. The first kappa shape index (κ1) is 9.40. The highest BCUT2D eigenvalue weighted by atomic mass is 16.5. The quantitative estimate of drug-likeness (QED) is 0.708. The Balaban J connectivity index is 2.05. The molecule has 0 N–H and O–H groups in total. The van der Waals surface area contributed by atoms with Gasteiger partial charge in [-0.1, -0.05) is 6.08 Å². The molecule has 1 aliphatic rings. The third-order valence-electron chi connectivity index (χ3n) is 2.38. The maximum absolute atomic E-state index is 5.29. The fraction of sp³-hybridized carbons (Fsp3) is 0.600. The minimum atomic E-state index is 0.548. The van der Waals surface area contributed by atoms with Crippen LogP contribution in [-0.4, -0.2) is 28.0 Å². The number of ether oxygens (including phenoxy) is 1. The number of aromatic nitrogens is 3. The summed E-state index contributed by atoms with van der Waals surface area (Å²) < 4.78 is 7.08. The number of nitrogens with zero attached hydrogens (tertiary/aromatic N) is 3. The van der Waals surface area contributed by atoms with Crippen LogP contribution in [0.5, 0.6) is 0 Å². The van der Waals surface area contributed by atoms with Crippen molar-refractivity contribution in [2.24, 2.45) is 13.0 Å². The highest BCUT2D eigenvalue weighted by Crippen LogP contribution is 2.14. The van der Waals surface area contributed by atoms with Crippen molar-refractivity contribution < 1.29 is 4.74 Å². The number of hydrogen-bond donors (Lipinski definition) is 0. The summed E-state index contributed by atoms with van der Waals surface area (Å²) >= 11 is 0. The van der Waals surface area contributed by atoms with Crippen LogP contribution >= 0.6 is 0 Å². The molecule has 2 heterocycles. The third-order valence-corrected chi connectivity index (χ3v) is 2.38. The standard InChI is InChI=1S/C10H15N3O/c1-8-11-10(13(2)12-8)4-3-9-5-6-14-7-9/h3-4,9H,5-7H2,1-2H3/b4-3+. The van der Waals surface area contributed by atoms with E-state index in [1.54, 1.807) is 4.68 Å². The average Bonchev–Trinajstić information content (AvgIpc) is 2.72. The number of rotatable bonds is 2. The molecule has 1 aromatic rings. The SMILES string of the molecule is Cc1nc(/C=C/C2CCOC2)n(C)n1. The number of aryl methyl sites for hydroxylation is 2. The second kappa shape index (κ2) is 3.92. The van der Waals surface area contributed by atoms with Crippen LogP contribution < -0.4 is 0 Å². The molecule has 1 saturated heterocycles.